The van der Waals surface area contributed by atoms with Crippen molar-refractivity contribution < 1.29 is 0 Å². The Labute approximate surface area is 138 Å². The molecule has 0 unspecified atom stereocenters. The maximum absolute atomic E-state index is 5.68. The fourth-order valence-corrected chi connectivity index (χ4v) is 3.22. The van der Waals surface area contributed by atoms with Crippen molar-refractivity contribution in [2.24, 2.45) is 0 Å². The van der Waals surface area contributed by atoms with Gasteiger partial charge in [0.25, 0.3) is 0 Å². The summed E-state index contributed by atoms with van der Waals surface area (Å²) >= 11 is 5.68. The molecule has 0 aliphatic carbocycles. The predicted octanol–water partition coefficient (Wildman–Crippen LogP) is 3.49. The zero-order chi connectivity index (χ0) is 15.4. The first-order chi connectivity index (χ1) is 10.7. The van der Waals surface area contributed by atoms with E-state index in [9.17, 15) is 0 Å². The van der Waals surface area contributed by atoms with Crippen molar-refractivity contribution in [2.75, 3.05) is 26.2 Å². The summed E-state index contributed by atoms with van der Waals surface area (Å²) in [6.45, 7) is 7.32. The summed E-state index contributed by atoms with van der Waals surface area (Å²) in [6.07, 6.45) is 0. The normalized spacial score (nSPS) is 15.8. The molecule has 0 aromatic heterocycles. The van der Waals surface area contributed by atoms with Gasteiger partial charge in [-0.25, -0.2) is 0 Å². The van der Waals surface area contributed by atoms with Gasteiger partial charge in [-0.05, 0) is 18.6 Å². The molecule has 1 fully saturated rings. The Kier molecular flexibility index (Phi) is 4.86. The summed E-state index contributed by atoms with van der Waals surface area (Å²) < 4.78 is 0. The van der Waals surface area contributed by atoms with Gasteiger partial charge in [0, 0.05) is 38.3 Å². The number of benzene rings is 2. The lowest BCUT2D eigenvalue weighted by Crippen LogP contribution is -2.48. The number of aryl methyl sites for hydroxylation is 1. The van der Waals surface area contributed by atoms with Crippen molar-refractivity contribution in [3.8, 4) is 0 Å². The molecule has 1 aliphatic rings. The standard InChI is InChI=1S/C19H22N2S/c1-16-6-5-9-18(14-16)19(22)21-12-10-20(11-13-21)15-17-7-3-2-4-8-17/h2-9,14H,10-13,15H2,1H3. The van der Waals surface area contributed by atoms with Gasteiger partial charge in [0.15, 0.2) is 0 Å². The molecule has 0 spiro atoms. The molecule has 1 aliphatic heterocycles. The summed E-state index contributed by atoms with van der Waals surface area (Å²) in [5.41, 5.74) is 3.83. The van der Waals surface area contributed by atoms with Crippen molar-refractivity contribution >= 4 is 17.2 Å². The first-order valence-corrected chi connectivity index (χ1v) is 8.25. The second kappa shape index (κ2) is 7.03. The minimum atomic E-state index is 0.989. The molecule has 0 amide bonds. The van der Waals surface area contributed by atoms with Crippen molar-refractivity contribution in [3.63, 3.8) is 0 Å². The van der Waals surface area contributed by atoms with Crippen LogP contribution in [-0.2, 0) is 6.54 Å². The van der Waals surface area contributed by atoms with Crippen LogP contribution in [0.3, 0.4) is 0 Å². The molecule has 1 saturated heterocycles. The molecule has 1 heterocycles. The highest BCUT2D eigenvalue weighted by Crippen LogP contribution is 2.13. The number of thiocarbonyl (C=S) groups is 1. The Balaban J connectivity index is 1.56. The van der Waals surface area contributed by atoms with Crippen LogP contribution in [0.5, 0.6) is 0 Å². The summed E-state index contributed by atoms with van der Waals surface area (Å²) in [4.78, 5) is 5.83. The number of piperazine rings is 1. The largest absolute Gasteiger partial charge is 0.360 e. The van der Waals surface area contributed by atoms with E-state index in [2.05, 4.69) is 71.3 Å². The first-order valence-electron chi connectivity index (χ1n) is 7.84. The molecule has 0 N–H and O–H groups in total. The molecule has 2 nitrogen and oxygen atoms in total. The van der Waals surface area contributed by atoms with Crippen molar-refractivity contribution in [1.29, 1.82) is 0 Å². The molecule has 0 atom stereocenters. The van der Waals surface area contributed by atoms with Crippen molar-refractivity contribution in [2.45, 2.75) is 13.5 Å². The zero-order valence-electron chi connectivity index (χ0n) is 13.0. The third-order valence-electron chi connectivity index (χ3n) is 4.17. The Hall–Kier alpha value is -1.71. The molecule has 2 aromatic carbocycles. The van der Waals surface area contributed by atoms with E-state index in [-0.39, 0.29) is 0 Å². The monoisotopic (exact) mass is 310 g/mol. The van der Waals surface area contributed by atoms with Crippen LogP contribution in [0, 0.1) is 6.92 Å². The number of rotatable bonds is 3. The van der Waals surface area contributed by atoms with Gasteiger partial charge in [0.1, 0.15) is 4.99 Å². The Morgan fingerprint density at radius 2 is 1.68 bits per heavy atom. The van der Waals surface area contributed by atoms with E-state index in [1.165, 1.54) is 16.7 Å². The second-order valence-corrected chi connectivity index (χ2v) is 6.31. The number of hydrogen-bond acceptors (Lipinski definition) is 2. The summed E-state index contributed by atoms with van der Waals surface area (Å²) in [7, 11) is 0. The fourth-order valence-electron chi connectivity index (χ4n) is 2.91. The molecular formula is C19H22N2S. The zero-order valence-corrected chi connectivity index (χ0v) is 13.9. The van der Waals surface area contributed by atoms with Crippen molar-refractivity contribution in [1.82, 2.24) is 9.80 Å². The minimum absolute atomic E-state index is 0.989. The highest BCUT2D eigenvalue weighted by Gasteiger charge is 2.19. The Bertz CT molecular complexity index is 631. The summed E-state index contributed by atoms with van der Waals surface area (Å²) in [5, 5.41) is 0. The van der Waals surface area contributed by atoms with Gasteiger partial charge in [0.05, 0.1) is 0 Å². The molecule has 114 valence electrons. The van der Waals surface area contributed by atoms with Crippen LogP contribution in [0.2, 0.25) is 0 Å². The summed E-state index contributed by atoms with van der Waals surface area (Å²) in [6, 6.07) is 19.2. The van der Waals surface area contributed by atoms with Gasteiger partial charge in [-0.15, -0.1) is 0 Å². The number of hydrogen-bond donors (Lipinski definition) is 0. The Morgan fingerprint density at radius 1 is 0.955 bits per heavy atom. The molecule has 2 aromatic rings. The van der Waals surface area contributed by atoms with E-state index in [1.807, 2.05) is 0 Å². The van der Waals surface area contributed by atoms with Gasteiger partial charge in [-0.3, -0.25) is 4.90 Å². The minimum Gasteiger partial charge on any atom is -0.360 e. The van der Waals surface area contributed by atoms with Gasteiger partial charge < -0.3 is 4.90 Å². The van der Waals surface area contributed by atoms with E-state index in [1.54, 1.807) is 0 Å². The lowest BCUT2D eigenvalue weighted by atomic mass is 10.1. The lowest BCUT2D eigenvalue weighted by Gasteiger charge is -2.36. The SMILES string of the molecule is Cc1cccc(C(=S)N2CCN(Cc3ccccc3)CC2)c1. The summed E-state index contributed by atoms with van der Waals surface area (Å²) in [5.74, 6) is 0. The maximum atomic E-state index is 5.68. The highest BCUT2D eigenvalue weighted by atomic mass is 32.1. The average Bonchev–Trinajstić information content (AvgIpc) is 2.56. The third-order valence-corrected chi connectivity index (χ3v) is 4.67. The van der Waals surface area contributed by atoms with Crippen LogP contribution in [-0.4, -0.2) is 41.0 Å². The average molecular weight is 310 g/mol. The van der Waals surface area contributed by atoms with E-state index < -0.39 is 0 Å². The number of nitrogens with zero attached hydrogens (tertiary/aromatic N) is 2. The van der Waals surface area contributed by atoms with E-state index in [4.69, 9.17) is 12.2 Å². The van der Waals surface area contributed by atoms with Gasteiger partial charge in [-0.2, -0.15) is 0 Å². The Morgan fingerprint density at radius 3 is 2.36 bits per heavy atom. The topological polar surface area (TPSA) is 6.48 Å². The highest BCUT2D eigenvalue weighted by molar-refractivity contribution is 7.80. The van der Waals surface area contributed by atoms with E-state index in [0.717, 1.165) is 37.7 Å². The smallest absolute Gasteiger partial charge is 0.109 e. The first kappa shape index (κ1) is 15.2. The predicted molar refractivity (Wildman–Crippen MR) is 96.2 cm³/mol. The van der Waals surface area contributed by atoms with Crippen LogP contribution in [0.4, 0.5) is 0 Å². The third kappa shape index (κ3) is 3.73. The van der Waals surface area contributed by atoms with Gasteiger partial charge in [0.2, 0.25) is 0 Å². The molecule has 3 rings (SSSR count). The van der Waals surface area contributed by atoms with Crippen molar-refractivity contribution in [3.05, 3.63) is 71.3 Å². The lowest BCUT2D eigenvalue weighted by molar-refractivity contribution is 0.177. The molecule has 0 saturated carbocycles. The molecule has 0 radical (unpaired) electrons. The van der Waals surface area contributed by atoms with Crippen LogP contribution < -0.4 is 0 Å². The molecule has 3 heteroatoms. The van der Waals surface area contributed by atoms with Crippen LogP contribution in [0.15, 0.2) is 54.6 Å². The van der Waals surface area contributed by atoms with E-state index >= 15 is 0 Å². The van der Waals surface area contributed by atoms with Gasteiger partial charge in [-0.1, -0.05) is 66.3 Å². The second-order valence-electron chi connectivity index (χ2n) is 5.92. The fraction of sp³-hybridized carbons (Fsp3) is 0.316. The molecule has 22 heavy (non-hydrogen) atoms. The molecular weight excluding hydrogens is 288 g/mol. The van der Waals surface area contributed by atoms with Crippen LogP contribution in [0.25, 0.3) is 0 Å². The quantitative estimate of drug-likeness (QED) is 0.801. The molecule has 0 bridgehead atoms. The van der Waals surface area contributed by atoms with E-state index in [0.29, 0.717) is 0 Å². The van der Waals surface area contributed by atoms with Gasteiger partial charge >= 0.3 is 0 Å². The van der Waals surface area contributed by atoms with Crippen LogP contribution >= 0.6 is 12.2 Å². The maximum Gasteiger partial charge on any atom is 0.109 e. The van der Waals surface area contributed by atoms with Crippen LogP contribution in [0.1, 0.15) is 16.7 Å².